The van der Waals surface area contributed by atoms with E-state index in [0.29, 0.717) is 6.54 Å². The second kappa shape index (κ2) is 5.16. The number of nitrogens with one attached hydrogen (secondary N) is 1. The Morgan fingerprint density at radius 3 is 2.68 bits per heavy atom. The van der Waals surface area contributed by atoms with E-state index < -0.39 is 10.0 Å². The molecule has 0 aliphatic rings. The van der Waals surface area contributed by atoms with E-state index in [0.717, 1.165) is 15.6 Å². The highest BCUT2D eigenvalue weighted by atomic mass is 32.2. The van der Waals surface area contributed by atoms with Gasteiger partial charge in [0.1, 0.15) is 9.90 Å². The van der Waals surface area contributed by atoms with Crippen molar-refractivity contribution in [3.05, 3.63) is 34.3 Å². The third kappa shape index (κ3) is 3.43. The minimum Gasteiger partial charge on any atom is -0.398 e. The number of hydrogen-bond acceptors (Lipinski definition) is 6. The molecule has 19 heavy (non-hydrogen) atoms. The molecule has 0 aliphatic carbocycles. The first-order chi connectivity index (χ1) is 8.86. The Hall–Kier alpha value is -1.64. The molecular weight excluding hydrogens is 284 g/mol. The third-order valence-electron chi connectivity index (χ3n) is 2.43. The van der Waals surface area contributed by atoms with Gasteiger partial charge in [0.25, 0.3) is 0 Å². The number of aryl methyl sites for hydroxylation is 1. The normalized spacial score (nSPS) is 11.5. The monoisotopic (exact) mass is 298 g/mol. The van der Waals surface area contributed by atoms with E-state index in [9.17, 15) is 8.42 Å². The number of nitrogens with two attached hydrogens (primary N) is 2. The number of thiazole rings is 1. The van der Waals surface area contributed by atoms with Gasteiger partial charge in [0, 0.05) is 16.8 Å². The summed E-state index contributed by atoms with van der Waals surface area (Å²) >= 11 is 1.60. The summed E-state index contributed by atoms with van der Waals surface area (Å²) in [5.41, 5.74) is 6.52. The number of primary sulfonamides is 1. The minimum atomic E-state index is -3.78. The molecule has 0 fully saturated rings. The molecule has 0 saturated carbocycles. The lowest BCUT2D eigenvalue weighted by Crippen LogP contribution is -2.14. The number of aromatic nitrogens is 1. The molecule has 0 atom stereocenters. The molecule has 0 spiro atoms. The lowest BCUT2D eigenvalue weighted by atomic mass is 10.3. The summed E-state index contributed by atoms with van der Waals surface area (Å²) in [7, 11) is -3.78. The maximum absolute atomic E-state index is 11.2. The predicted molar refractivity (Wildman–Crippen MR) is 76.4 cm³/mol. The number of sulfonamides is 1. The second-order valence-corrected chi connectivity index (χ2v) is 6.86. The van der Waals surface area contributed by atoms with Crippen molar-refractivity contribution in [1.29, 1.82) is 0 Å². The van der Waals surface area contributed by atoms with Crippen molar-refractivity contribution in [3.63, 3.8) is 0 Å². The summed E-state index contributed by atoms with van der Waals surface area (Å²) in [6.07, 6.45) is 1.81. The predicted octanol–water partition coefficient (Wildman–Crippen LogP) is 1.29. The average molecular weight is 298 g/mol. The van der Waals surface area contributed by atoms with Crippen LogP contribution in [0.5, 0.6) is 0 Å². The van der Waals surface area contributed by atoms with Crippen molar-refractivity contribution < 1.29 is 8.42 Å². The molecule has 0 aliphatic heterocycles. The molecule has 1 aromatic carbocycles. The highest BCUT2D eigenvalue weighted by Gasteiger charge is 2.12. The topological polar surface area (TPSA) is 111 Å². The van der Waals surface area contributed by atoms with E-state index in [-0.39, 0.29) is 10.6 Å². The SMILES string of the molecule is Cc1cnc(CNc2ccc(S(N)(=O)=O)c(N)c2)s1. The van der Waals surface area contributed by atoms with Crippen molar-refractivity contribution in [1.82, 2.24) is 4.98 Å². The van der Waals surface area contributed by atoms with Gasteiger partial charge in [-0.15, -0.1) is 11.3 Å². The fourth-order valence-corrected chi connectivity index (χ4v) is 2.95. The number of anilines is 2. The summed E-state index contributed by atoms with van der Waals surface area (Å²) in [6.45, 7) is 2.55. The third-order valence-corrected chi connectivity index (χ3v) is 4.33. The number of nitrogens with zero attached hydrogens (tertiary/aromatic N) is 1. The van der Waals surface area contributed by atoms with Crippen LogP contribution >= 0.6 is 11.3 Å². The maximum Gasteiger partial charge on any atom is 0.240 e. The molecular formula is C11H14N4O2S2. The van der Waals surface area contributed by atoms with E-state index in [1.165, 1.54) is 6.07 Å². The lowest BCUT2D eigenvalue weighted by Gasteiger charge is -2.08. The molecule has 0 unspecified atom stereocenters. The molecule has 0 saturated heterocycles. The van der Waals surface area contributed by atoms with E-state index in [4.69, 9.17) is 10.9 Å². The van der Waals surface area contributed by atoms with Crippen LogP contribution in [0.25, 0.3) is 0 Å². The summed E-state index contributed by atoms with van der Waals surface area (Å²) < 4.78 is 22.4. The van der Waals surface area contributed by atoms with Gasteiger partial charge in [-0.3, -0.25) is 0 Å². The zero-order valence-electron chi connectivity index (χ0n) is 10.3. The van der Waals surface area contributed by atoms with Crippen molar-refractivity contribution in [2.45, 2.75) is 18.4 Å². The van der Waals surface area contributed by atoms with Gasteiger partial charge in [-0.2, -0.15) is 0 Å². The van der Waals surface area contributed by atoms with Gasteiger partial charge in [-0.05, 0) is 25.1 Å². The number of hydrogen-bond donors (Lipinski definition) is 3. The van der Waals surface area contributed by atoms with E-state index >= 15 is 0 Å². The number of rotatable bonds is 4. The Labute approximate surface area is 115 Å². The van der Waals surface area contributed by atoms with Crippen LogP contribution in [0, 0.1) is 6.92 Å². The highest BCUT2D eigenvalue weighted by molar-refractivity contribution is 7.89. The van der Waals surface area contributed by atoms with Gasteiger partial charge >= 0.3 is 0 Å². The van der Waals surface area contributed by atoms with Crippen LogP contribution < -0.4 is 16.2 Å². The molecule has 1 aromatic heterocycles. The van der Waals surface area contributed by atoms with E-state index in [1.807, 2.05) is 6.92 Å². The Bertz CT molecular complexity index is 694. The van der Waals surface area contributed by atoms with Crippen molar-refractivity contribution in [2.24, 2.45) is 5.14 Å². The first-order valence-corrected chi connectivity index (χ1v) is 7.80. The fraction of sp³-hybridized carbons (Fsp3) is 0.182. The van der Waals surface area contributed by atoms with Crippen LogP contribution in [0.2, 0.25) is 0 Å². The van der Waals surface area contributed by atoms with Crippen LogP contribution in [-0.2, 0) is 16.6 Å². The number of nitrogen functional groups attached to an aromatic ring is 1. The summed E-state index contributed by atoms with van der Waals surface area (Å²) in [4.78, 5) is 5.29. The molecule has 102 valence electrons. The van der Waals surface area contributed by atoms with Gasteiger partial charge in [-0.25, -0.2) is 18.5 Å². The van der Waals surface area contributed by atoms with E-state index in [1.54, 1.807) is 29.7 Å². The van der Waals surface area contributed by atoms with Crippen molar-refractivity contribution in [3.8, 4) is 0 Å². The smallest absolute Gasteiger partial charge is 0.240 e. The Balaban J connectivity index is 2.12. The molecule has 2 aromatic rings. The summed E-state index contributed by atoms with van der Waals surface area (Å²) in [5, 5.41) is 9.12. The van der Waals surface area contributed by atoms with Gasteiger partial charge < -0.3 is 11.1 Å². The van der Waals surface area contributed by atoms with Crippen LogP contribution in [0.4, 0.5) is 11.4 Å². The van der Waals surface area contributed by atoms with Crippen molar-refractivity contribution >= 4 is 32.7 Å². The largest absolute Gasteiger partial charge is 0.398 e. The molecule has 5 N–H and O–H groups in total. The first kappa shape index (κ1) is 13.8. The molecule has 0 radical (unpaired) electrons. The highest BCUT2D eigenvalue weighted by Crippen LogP contribution is 2.22. The quantitative estimate of drug-likeness (QED) is 0.737. The zero-order valence-corrected chi connectivity index (χ0v) is 11.9. The summed E-state index contributed by atoms with van der Waals surface area (Å²) in [6, 6.07) is 4.55. The van der Waals surface area contributed by atoms with Crippen LogP contribution in [0.1, 0.15) is 9.88 Å². The van der Waals surface area contributed by atoms with Crippen molar-refractivity contribution in [2.75, 3.05) is 11.1 Å². The van der Waals surface area contributed by atoms with Gasteiger partial charge in [-0.1, -0.05) is 0 Å². The minimum absolute atomic E-state index is 0.0665. The molecule has 0 amide bonds. The average Bonchev–Trinajstić information content (AvgIpc) is 2.71. The fourth-order valence-electron chi connectivity index (χ4n) is 1.58. The summed E-state index contributed by atoms with van der Waals surface area (Å²) in [5.74, 6) is 0. The molecule has 8 heteroatoms. The second-order valence-electron chi connectivity index (χ2n) is 4.02. The standard InChI is InChI=1S/C11H14N4O2S2/c1-7-5-15-11(18-7)6-14-8-2-3-10(9(12)4-8)19(13,16)17/h2-5,14H,6,12H2,1H3,(H2,13,16,17). The van der Waals surface area contributed by atoms with Crippen LogP contribution in [-0.4, -0.2) is 13.4 Å². The molecule has 6 nitrogen and oxygen atoms in total. The molecule has 1 heterocycles. The number of benzene rings is 1. The zero-order chi connectivity index (χ0) is 14.0. The molecule has 0 bridgehead atoms. The van der Waals surface area contributed by atoms with Gasteiger partial charge in [0.05, 0.1) is 12.2 Å². The maximum atomic E-state index is 11.2. The molecule has 2 rings (SSSR count). The van der Waals surface area contributed by atoms with Crippen LogP contribution in [0.3, 0.4) is 0 Å². The Morgan fingerprint density at radius 2 is 2.16 bits per heavy atom. The first-order valence-electron chi connectivity index (χ1n) is 5.44. The van der Waals surface area contributed by atoms with Gasteiger partial charge in [0.15, 0.2) is 0 Å². The van der Waals surface area contributed by atoms with E-state index in [2.05, 4.69) is 10.3 Å². The van der Waals surface area contributed by atoms with Crippen LogP contribution in [0.15, 0.2) is 29.3 Å². The Kier molecular flexibility index (Phi) is 3.74. The van der Waals surface area contributed by atoms with Gasteiger partial charge in [0.2, 0.25) is 10.0 Å². The lowest BCUT2D eigenvalue weighted by molar-refractivity contribution is 0.598. The Morgan fingerprint density at radius 1 is 1.42 bits per heavy atom.